The highest BCUT2D eigenvalue weighted by molar-refractivity contribution is 4.63. The SMILES string of the molecule is CCCCCCCCCC(CCOC)NN. The summed E-state index contributed by atoms with van der Waals surface area (Å²) in [5.74, 6) is 5.49. The summed E-state index contributed by atoms with van der Waals surface area (Å²) in [4.78, 5) is 0. The molecule has 0 radical (unpaired) electrons. The highest BCUT2D eigenvalue weighted by atomic mass is 16.5. The molecule has 0 saturated heterocycles. The highest BCUT2D eigenvalue weighted by Gasteiger charge is 2.05. The Morgan fingerprint density at radius 1 is 1.00 bits per heavy atom. The van der Waals surface area contributed by atoms with Crippen LogP contribution in [-0.2, 0) is 4.74 Å². The van der Waals surface area contributed by atoms with Gasteiger partial charge in [-0.25, -0.2) is 0 Å². The van der Waals surface area contributed by atoms with Gasteiger partial charge >= 0.3 is 0 Å². The Kier molecular flexibility index (Phi) is 12.9. The van der Waals surface area contributed by atoms with Gasteiger partial charge in [-0.2, -0.15) is 0 Å². The van der Waals surface area contributed by atoms with Crippen LogP contribution in [-0.4, -0.2) is 19.8 Å². The second-order valence-electron chi connectivity index (χ2n) is 4.56. The van der Waals surface area contributed by atoms with Crippen molar-refractivity contribution in [2.24, 2.45) is 5.84 Å². The zero-order valence-electron chi connectivity index (χ0n) is 11.1. The quantitative estimate of drug-likeness (QED) is 0.308. The first kappa shape index (κ1) is 15.9. The number of rotatable bonds is 12. The Labute approximate surface area is 101 Å². The molecule has 0 saturated carbocycles. The normalized spacial score (nSPS) is 12.9. The minimum atomic E-state index is 0.426. The van der Waals surface area contributed by atoms with E-state index in [0.29, 0.717) is 6.04 Å². The zero-order chi connectivity index (χ0) is 12.1. The molecule has 3 heteroatoms. The Hall–Kier alpha value is -0.120. The molecule has 0 aliphatic rings. The minimum Gasteiger partial charge on any atom is -0.385 e. The Morgan fingerprint density at radius 3 is 2.19 bits per heavy atom. The molecule has 1 unspecified atom stereocenters. The van der Waals surface area contributed by atoms with Crippen molar-refractivity contribution in [2.75, 3.05) is 13.7 Å². The second-order valence-corrected chi connectivity index (χ2v) is 4.56. The van der Waals surface area contributed by atoms with E-state index in [1.807, 2.05) is 0 Å². The van der Waals surface area contributed by atoms with Crippen LogP contribution in [0.1, 0.15) is 64.7 Å². The van der Waals surface area contributed by atoms with Gasteiger partial charge in [-0.1, -0.05) is 51.9 Å². The fraction of sp³-hybridized carbons (Fsp3) is 1.00. The lowest BCUT2D eigenvalue weighted by Gasteiger charge is -2.14. The Balaban J connectivity index is 3.20. The van der Waals surface area contributed by atoms with Crippen LogP contribution in [0.4, 0.5) is 0 Å². The van der Waals surface area contributed by atoms with Crippen molar-refractivity contribution in [1.82, 2.24) is 5.43 Å². The number of hydrogen-bond donors (Lipinski definition) is 2. The molecule has 0 aromatic carbocycles. The van der Waals surface area contributed by atoms with Gasteiger partial charge in [0.15, 0.2) is 0 Å². The van der Waals surface area contributed by atoms with Crippen molar-refractivity contribution in [2.45, 2.75) is 70.8 Å². The molecule has 1 atom stereocenters. The maximum absolute atomic E-state index is 5.49. The van der Waals surface area contributed by atoms with E-state index in [0.717, 1.165) is 13.0 Å². The molecule has 3 N–H and O–H groups in total. The molecule has 0 aliphatic carbocycles. The van der Waals surface area contributed by atoms with Crippen LogP contribution in [0.2, 0.25) is 0 Å². The summed E-state index contributed by atoms with van der Waals surface area (Å²) in [5.41, 5.74) is 2.87. The van der Waals surface area contributed by atoms with Crippen LogP contribution < -0.4 is 11.3 Å². The average molecular weight is 230 g/mol. The number of methoxy groups -OCH3 is 1. The predicted octanol–water partition coefficient (Wildman–Crippen LogP) is 3.00. The Morgan fingerprint density at radius 2 is 1.62 bits per heavy atom. The van der Waals surface area contributed by atoms with Gasteiger partial charge in [-0.15, -0.1) is 0 Å². The summed E-state index contributed by atoms with van der Waals surface area (Å²) in [5, 5.41) is 0. The van der Waals surface area contributed by atoms with Crippen LogP contribution >= 0.6 is 0 Å². The molecule has 98 valence electrons. The van der Waals surface area contributed by atoms with E-state index >= 15 is 0 Å². The summed E-state index contributed by atoms with van der Waals surface area (Å²) in [6.07, 6.45) is 11.7. The summed E-state index contributed by atoms with van der Waals surface area (Å²) < 4.78 is 5.05. The maximum Gasteiger partial charge on any atom is 0.0477 e. The zero-order valence-corrected chi connectivity index (χ0v) is 11.1. The van der Waals surface area contributed by atoms with Gasteiger partial charge in [0.25, 0.3) is 0 Å². The fourth-order valence-corrected chi connectivity index (χ4v) is 1.92. The number of ether oxygens (including phenoxy) is 1. The van der Waals surface area contributed by atoms with Gasteiger partial charge in [-0.3, -0.25) is 11.3 Å². The first-order valence-electron chi connectivity index (χ1n) is 6.80. The Bertz CT molecular complexity index is 131. The third kappa shape index (κ3) is 10.4. The summed E-state index contributed by atoms with van der Waals surface area (Å²) in [7, 11) is 1.74. The predicted molar refractivity (Wildman–Crippen MR) is 70.2 cm³/mol. The van der Waals surface area contributed by atoms with Crippen LogP contribution in [0.15, 0.2) is 0 Å². The number of unbranched alkanes of at least 4 members (excludes halogenated alkanes) is 6. The minimum absolute atomic E-state index is 0.426. The van der Waals surface area contributed by atoms with E-state index in [-0.39, 0.29) is 0 Å². The highest BCUT2D eigenvalue weighted by Crippen LogP contribution is 2.10. The summed E-state index contributed by atoms with van der Waals surface area (Å²) >= 11 is 0. The summed E-state index contributed by atoms with van der Waals surface area (Å²) in [6.45, 7) is 3.05. The van der Waals surface area contributed by atoms with E-state index in [1.54, 1.807) is 7.11 Å². The van der Waals surface area contributed by atoms with E-state index in [2.05, 4.69) is 12.3 Å². The lowest BCUT2D eigenvalue weighted by molar-refractivity contribution is 0.180. The van der Waals surface area contributed by atoms with E-state index in [1.165, 1.54) is 51.4 Å². The van der Waals surface area contributed by atoms with Crippen molar-refractivity contribution >= 4 is 0 Å². The smallest absolute Gasteiger partial charge is 0.0477 e. The molecule has 0 rings (SSSR count). The van der Waals surface area contributed by atoms with Crippen LogP contribution in [0.25, 0.3) is 0 Å². The molecule has 0 aromatic rings. The third-order valence-electron chi connectivity index (χ3n) is 3.06. The number of hydrogen-bond acceptors (Lipinski definition) is 3. The maximum atomic E-state index is 5.49. The monoisotopic (exact) mass is 230 g/mol. The van der Waals surface area contributed by atoms with Crippen LogP contribution in [0.5, 0.6) is 0 Å². The van der Waals surface area contributed by atoms with Crippen molar-refractivity contribution in [1.29, 1.82) is 0 Å². The van der Waals surface area contributed by atoms with Crippen LogP contribution in [0, 0.1) is 0 Å². The second kappa shape index (κ2) is 12.9. The number of hydrazine groups is 1. The number of nitrogens with two attached hydrogens (primary N) is 1. The molecule has 0 aromatic heterocycles. The molecule has 0 bridgehead atoms. The molecular weight excluding hydrogens is 200 g/mol. The summed E-state index contributed by atoms with van der Waals surface area (Å²) in [6, 6.07) is 0.426. The van der Waals surface area contributed by atoms with Crippen molar-refractivity contribution < 1.29 is 4.74 Å². The fourth-order valence-electron chi connectivity index (χ4n) is 1.92. The lowest BCUT2D eigenvalue weighted by Crippen LogP contribution is -2.35. The molecule has 16 heavy (non-hydrogen) atoms. The lowest BCUT2D eigenvalue weighted by atomic mass is 10.0. The first-order valence-corrected chi connectivity index (χ1v) is 6.80. The van der Waals surface area contributed by atoms with Gasteiger partial charge in [-0.05, 0) is 12.8 Å². The molecule has 3 nitrogen and oxygen atoms in total. The van der Waals surface area contributed by atoms with Gasteiger partial charge < -0.3 is 4.74 Å². The van der Waals surface area contributed by atoms with Gasteiger partial charge in [0.2, 0.25) is 0 Å². The molecule has 0 fully saturated rings. The van der Waals surface area contributed by atoms with E-state index < -0.39 is 0 Å². The molecule has 0 spiro atoms. The van der Waals surface area contributed by atoms with Gasteiger partial charge in [0.1, 0.15) is 0 Å². The van der Waals surface area contributed by atoms with Crippen molar-refractivity contribution in [3.8, 4) is 0 Å². The molecule has 0 amide bonds. The third-order valence-corrected chi connectivity index (χ3v) is 3.06. The molecular formula is C13H30N2O. The van der Waals surface area contributed by atoms with Gasteiger partial charge in [0, 0.05) is 19.8 Å². The van der Waals surface area contributed by atoms with Crippen molar-refractivity contribution in [3.05, 3.63) is 0 Å². The van der Waals surface area contributed by atoms with Crippen LogP contribution in [0.3, 0.4) is 0 Å². The first-order chi connectivity index (χ1) is 7.85. The largest absolute Gasteiger partial charge is 0.385 e. The molecule has 0 heterocycles. The average Bonchev–Trinajstić information content (AvgIpc) is 2.32. The standard InChI is InChI=1S/C13H30N2O/c1-3-4-5-6-7-8-9-10-13(15-14)11-12-16-2/h13,15H,3-12,14H2,1-2H3. The topological polar surface area (TPSA) is 47.3 Å². The van der Waals surface area contributed by atoms with E-state index in [4.69, 9.17) is 10.6 Å². The number of nitrogens with one attached hydrogen (secondary N) is 1. The molecule has 0 aliphatic heterocycles. The van der Waals surface area contributed by atoms with Gasteiger partial charge in [0.05, 0.1) is 0 Å². The van der Waals surface area contributed by atoms with E-state index in [9.17, 15) is 0 Å². The van der Waals surface area contributed by atoms with Crippen molar-refractivity contribution in [3.63, 3.8) is 0 Å².